The van der Waals surface area contributed by atoms with Crippen LogP contribution in [-0.2, 0) is 0 Å². The molecule has 0 bridgehead atoms. The maximum absolute atomic E-state index is 4.70. The normalized spacial score (nSPS) is 29.4. The van der Waals surface area contributed by atoms with E-state index in [1.807, 2.05) is 11.8 Å². The highest BCUT2D eigenvalue weighted by Crippen LogP contribution is 2.46. The minimum absolute atomic E-state index is 0.618. The summed E-state index contributed by atoms with van der Waals surface area (Å²) in [5.74, 6) is 0.618. The summed E-state index contributed by atoms with van der Waals surface area (Å²) >= 11 is 1.96. The quantitative estimate of drug-likeness (QED) is 0.626. The first-order chi connectivity index (χ1) is 6.84. The van der Waals surface area contributed by atoms with Crippen molar-refractivity contribution >= 4 is 22.5 Å². The Kier molecular flexibility index (Phi) is 1.91. The molecule has 0 N–H and O–H groups in total. The van der Waals surface area contributed by atoms with E-state index in [9.17, 15) is 0 Å². The monoisotopic (exact) mass is 203 g/mol. The van der Waals surface area contributed by atoms with Crippen molar-refractivity contribution in [1.29, 1.82) is 0 Å². The number of hydrogen-bond donors (Lipinski definition) is 0. The van der Waals surface area contributed by atoms with Gasteiger partial charge in [0.1, 0.15) is 0 Å². The number of aliphatic imine (C=N–C) groups is 1. The summed E-state index contributed by atoms with van der Waals surface area (Å²) in [6.07, 6.45) is 2.60. The Morgan fingerprint density at radius 1 is 1.29 bits per heavy atom. The molecule has 0 aliphatic carbocycles. The van der Waals surface area contributed by atoms with Gasteiger partial charge in [0, 0.05) is 11.2 Å². The molecule has 1 saturated heterocycles. The lowest BCUT2D eigenvalue weighted by Gasteiger charge is -2.23. The summed E-state index contributed by atoms with van der Waals surface area (Å²) < 4.78 is 0. The summed E-state index contributed by atoms with van der Waals surface area (Å²) in [5, 5.41) is 2.10. The zero-order valence-electron chi connectivity index (χ0n) is 8.23. The second kappa shape index (κ2) is 3.13. The van der Waals surface area contributed by atoms with E-state index in [2.05, 4.69) is 31.2 Å². The highest BCUT2D eigenvalue weighted by atomic mass is 32.2. The van der Waals surface area contributed by atoms with E-state index in [0.29, 0.717) is 5.92 Å². The minimum atomic E-state index is 0.618. The number of fused-ring (bicyclic) bond motifs is 3. The fraction of sp³-hybridized carbons (Fsp3) is 0.417. The molecule has 1 aromatic carbocycles. The molecule has 3 rings (SSSR count). The topological polar surface area (TPSA) is 12.4 Å². The highest BCUT2D eigenvalue weighted by Gasteiger charge is 2.32. The van der Waals surface area contributed by atoms with Crippen LogP contribution < -0.4 is 0 Å². The van der Waals surface area contributed by atoms with Gasteiger partial charge in [0.05, 0.1) is 10.7 Å². The zero-order chi connectivity index (χ0) is 9.54. The first kappa shape index (κ1) is 8.54. The molecule has 14 heavy (non-hydrogen) atoms. The van der Waals surface area contributed by atoms with Crippen molar-refractivity contribution in [2.45, 2.75) is 30.9 Å². The molecule has 0 aromatic heterocycles. The van der Waals surface area contributed by atoms with Crippen molar-refractivity contribution in [2.75, 3.05) is 0 Å². The van der Waals surface area contributed by atoms with Crippen molar-refractivity contribution in [3.63, 3.8) is 0 Å². The molecule has 2 aliphatic rings. The van der Waals surface area contributed by atoms with Gasteiger partial charge in [-0.3, -0.25) is 0 Å². The van der Waals surface area contributed by atoms with Crippen molar-refractivity contribution in [2.24, 2.45) is 4.99 Å². The van der Waals surface area contributed by atoms with Crippen molar-refractivity contribution in [1.82, 2.24) is 0 Å². The van der Waals surface area contributed by atoms with Gasteiger partial charge in [0.25, 0.3) is 0 Å². The average molecular weight is 203 g/mol. The molecule has 72 valence electrons. The van der Waals surface area contributed by atoms with Crippen LogP contribution in [0.15, 0.2) is 29.3 Å². The number of nitrogens with zero attached hydrogens (tertiary/aromatic N) is 1. The van der Waals surface area contributed by atoms with Crippen LogP contribution in [0.4, 0.5) is 5.69 Å². The molecule has 1 fully saturated rings. The van der Waals surface area contributed by atoms with E-state index in [0.717, 1.165) is 5.25 Å². The van der Waals surface area contributed by atoms with Crippen LogP contribution in [0, 0.1) is 0 Å². The van der Waals surface area contributed by atoms with Gasteiger partial charge in [-0.05, 0) is 24.5 Å². The maximum atomic E-state index is 4.70. The van der Waals surface area contributed by atoms with Gasteiger partial charge in [-0.15, -0.1) is 11.8 Å². The molecule has 2 atom stereocenters. The van der Waals surface area contributed by atoms with Gasteiger partial charge in [-0.25, -0.2) is 4.99 Å². The molecule has 0 radical (unpaired) electrons. The van der Waals surface area contributed by atoms with Crippen molar-refractivity contribution in [3.05, 3.63) is 29.8 Å². The number of para-hydroxylation sites is 1. The van der Waals surface area contributed by atoms with Gasteiger partial charge in [-0.1, -0.05) is 25.1 Å². The summed E-state index contributed by atoms with van der Waals surface area (Å²) in [7, 11) is 0. The molecule has 2 heterocycles. The fourth-order valence-corrected chi connectivity index (χ4v) is 3.49. The molecule has 0 spiro atoms. The van der Waals surface area contributed by atoms with Crippen LogP contribution in [0.25, 0.3) is 0 Å². The maximum Gasteiger partial charge on any atom is 0.0817 e. The zero-order valence-corrected chi connectivity index (χ0v) is 9.05. The van der Waals surface area contributed by atoms with Crippen LogP contribution in [-0.4, -0.2) is 10.3 Å². The van der Waals surface area contributed by atoms with Crippen molar-refractivity contribution in [3.8, 4) is 0 Å². The van der Waals surface area contributed by atoms with E-state index in [1.54, 1.807) is 0 Å². The van der Waals surface area contributed by atoms with Gasteiger partial charge in [0.2, 0.25) is 0 Å². The first-order valence-electron chi connectivity index (χ1n) is 5.19. The van der Waals surface area contributed by atoms with Gasteiger partial charge < -0.3 is 0 Å². The highest BCUT2D eigenvalue weighted by molar-refractivity contribution is 8.14. The largest absolute Gasteiger partial charge is 0.246 e. The molecule has 2 unspecified atom stereocenters. The standard InChI is InChI=1S/C12H13NS/c1-8-6-7-10-9-4-2-3-5-11(9)13-12(10)14-8/h2-5,8,10H,6-7H2,1H3. The van der Waals surface area contributed by atoms with Gasteiger partial charge >= 0.3 is 0 Å². The van der Waals surface area contributed by atoms with E-state index < -0.39 is 0 Å². The third-order valence-electron chi connectivity index (χ3n) is 3.02. The summed E-state index contributed by atoms with van der Waals surface area (Å²) in [4.78, 5) is 4.70. The van der Waals surface area contributed by atoms with E-state index in [1.165, 1.54) is 29.1 Å². The molecule has 0 amide bonds. The smallest absolute Gasteiger partial charge is 0.0817 e. The van der Waals surface area contributed by atoms with Crippen LogP contribution in [0.1, 0.15) is 31.2 Å². The molecule has 2 aliphatic heterocycles. The van der Waals surface area contributed by atoms with Crippen LogP contribution >= 0.6 is 11.8 Å². The molecule has 0 saturated carbocycles. The Hall–Kier alpha value is -0.760. The number of benzene rings is 1. The van der Waals surface area contributed by atoms with Crippen molar-refractivity contribution < 1.29 is 0 Å². The molecule has 1 nitrogen and oxygen atoms in total. The Morgan fingerprint density at radius 3 is 3.07 bits per heavy atom. The third-order valence-corrected chi connectivity index (χ3v) is 4.28. The van der Waals surface area contributed by atoms with Crippen LogP contribution in [0.2, 0.25) is 0 Å². The Bertz CT molecular complexity index is 397. The summed E-state index contributed by atoms with van der Waals surface area (Å²) in [6, 6.07) is 8.56. The lowest BCUT2D eigenvalue weighted by molar-refractivity contribution is 0.694. The second-order valence-electron chi connectivity index (χ2n) is 4.07. The molecule has 1 aromatic rings. The fourth-order valence-electron chi connectivity index (χ4n) is 2.27. The predicted octanol–water partition coefficient (Wildman–Crippen LogP) is 3.73. The lowest BCUT2D eigenvalue weighted by atomic mass is 9.95. The van der Waals surface area contributed by atoms with Gasteiger partial charge in [0.15, 0.2) is 0 Å². The molecular weight excluding hydrogens is 190 g/mol. The molecular formula is C12H13NS. The summed E-state index contributed by atoms with van der Waals surface area (Å²) in [6.45, 7) is 2.30. The second-order valence-corrected chi connectivity index (χ2v) is 5.53. The van der Waals surface area contributed by atoms with Crippen LogP contribution in [0.3, 0.4) is 0 Å². The average Bonchev–Trinajstić information content (AvgIpc) is 2.54. The predicted molar refractivity (Wildman–Crippen MR) is 62.6 cm³/mol. The van der Waals surface area contributed by atoms with Crippen LogP contribution in [0.5, 0.6) is 0 Å². The molecule has 2 heteroatoms. The minimum Gasteiger partial charge on any atom is -0.246 e. The number of thioether (sulfide) groups is 1. The van der Waals surface area contributed by atoms with E-state index >= 15 is 0 Å². The Balaban J connectivity index is 2.03. The Morgan fingerprint density at radius 2 is 2.14 bits per heavy atom. The number of rotatable bonds is 0. The lowest BCUT2D eigenvalue weighted by Crippen LogP contribution is -2.16. The number of hydrogen-bond acceptors (Lipinski definition) is 2. The first-order valence-corrected chi connectivity index (χ1v) is 6.07. The Labute approximate surface area is 88.6 Å². The third kappa shape index (κ3) is 1.21. The SMILES string of the molecule is CC1CCC2C(=Nc3ccccc32)S1. The van der Waals surface area contributed by atoms with E-state index in [-0.39, 0.29) is 0 Å². The summed E-state index contributed by atoms with van der Waals surface area (Å²) in [5.41, 5.74) is 2.65. The van der Waals surface area contributed by atoms with Gasteiger partial charge in [-0.2, -0.15) is 0 Å². The van der Waals surface area contributed by atoms with E-state index in [4.69, 9.17) is 4.99 Å².